The molecule has 0 radical (unpaired) electrons. The molecular weight excluding hydrogens is 238 g/mol. The highest BCUT2D eigenvalue weighted by Crippen LogP contribution is 2.29. The molecule has 0 fully saturated rings. The topological polar surface area (TPSA) is 12.0 Å². The van der Waals surface area contributed by atoms with Gasteiger partial charge in [0.2, 0.25) is 0 Å². The van der Waals surface area contributed by atoms with Crippen LogP contribution in [0, 0.1) is 5.92 Å². The smallest absolute Gasteiger partial charge is 0.0508 e. The van der Waals surface area contributed by atoms with Gasteiger partial charge >= 0.3 is 0 Å². The molecule has 0 aliphatic rings. The Morgan fingerprint density at radius 2 is 2.00 bits per heavy atom. The normalized spacial score (nSPS) is 12.9. The van der Waals surface area contributed by atoms with Gasteiger partial charge in [0.15, 0.2) is 0 Å². The zero-order valence-corrected chi connectivity index (χ0v) is 12.2. The van der Waals surface area contributed by atoms with Crippen LogP contribution in [-0.4, -0.2) is 6.04 Å². The highest BCUT2D eigenvalue weighted by atomic mass is 32.1. The van der Waals surface area contributed by atoms with Gasteiger partial charge in [-0.1, -0.05) is 38.6 Å². The van der Waals surface area contributed by atoms with Gasteiger partial charge in [-0.05, 0) is 36.8 Å². The molecule has 1 unspecified atom stereocenters. The molecule has 0 saturated carbocycles. The van der Waals surface area contributed by atoms with Crippen LogP contribution in [0.4, 0.5) is 0 Å². The van der Waals surface area contributed by atoms with Gasteiger partial charge in [0.25, 0.3) is 0 Å². The number of nitrogens with one attached hydrogen (secondary N) is 1. The van der Waals surface area contributed by atoms with Crippen LogP contribution < -0.4 is 5.32 Å². The molecule has 1 nitrogen and oxygen atoms in total. The molecule has 2 rings (SSSR count). The summed E-state index contributed by atoms with van der Waals surface area (Å²) in [5, 5.41) is 4.81. The number of fused-ring (bicyclic) bond motifs is 1. The van der Waals surface area contributed by atoms with Gasteiger partial charge in [-0.15, -0.1) is 11.3 Å². The average molecular weight is 259 g/mol. The Bertz CT molecular complexity index is 506. The van der Waals surface area contributed by atoms with Crippen LogP contribution in [0.25, 0.3) is 15.8 Å². The van der Waals surface area contributed by atoms with Gasteiger partial charge in [0.1, 0.15) is 0 Å². The van der Waals surface area contributed by atoms with Gasteiger partial charge < -0.3 is 5.32 Å². The van der Waals surface area contributed by atoms with E-state index in [0.29, 0.717) is 12.0 Å². The molecule has 18 heavy (non-hydrogen) atoms. The molecule has 2 aromatic rings. The van der Waals surface area contributed by atoms with Gasteiger partial charge in [-0.3, -0.25) is 0 Å². The average Bonchev–Trinajstić information content (AvgIpc) is 2.71. The first-order chi connectivity index (χ1) is 8.56. The largest absolute Gasteiger partial charge is 0.382 e. The molecule has 0 saturated heterocycles. The second-order valence-corrected chi connectivity index (χ2v) is 6.39. The van der Waals surface area contributed by atoms with Crippen molar-refractivity contribution in [3.63, 3.8) is 0 Å². The SMILES string of the molecule is C=C(NC(C)CC(C)C)c1cc2ccccc2s1. The Labute approximate surface area is 114 Å². The van der Waals surface area contributed by atoms with E-state index in [1.807, 2.05) is 0 Å². The lowest BCUT2D eigenvalue weighted by atomic mass is 10.1. The first-order valence-corrected chi connectivity index (χ1v) is 7.32. The quantitative estimate of drug-likeness (QED) is 0.805. The molecule has 0 spiro atoms. The molecule has 0 amide bonds. The van der Waals surface area contributed by atoms with Crippen molar-refractivity contribution in [2.45, 2.75) is 33.2 Å². The lowest BCUT2D eigenvalue weighted by Crippen LogP contribution is -2.25. The summed E-state index contributed by atoms with van der Waals surface area (Å²) in [7, 11) is 0. The zero-order chi connectivity index (χ0) is 13.1. The first-order valence-electron chi connectivity index (χ1n) is 6.50. The second-order valence-electron chi connectivity index (χ2n) is 5.30. The highest BCUT2D eigenvalue weighted by molar-refractivity contribution is 7.20. The van der Waals surface area contributed by atoms with E-state index in [1.165, 1.54) is 21.4 Å². The van der Waals surface area contributed by atoms with Crippen LogP contribution in [0.15, 0.2) is 36.9 Å². The molecule has 1 aromatic heterocycles. The molecular formula is C16H21NS. The number of hydrogen-bond donors (Lipinski definition) is 1. The van der Waals surface area contributed by atoms with E-state index in [0.717, 1.165) is 5.70 Å². The molecule has 0 aliphatic heterocycles. The van der Waals surface area contributed by atoms with Crippen molar-refractivity contribution < 1.29 is 0 Å². The van der Waals surface area contributed by atoms with E-state index in [4.69, 9.17) is 0 Å². The third-order valence-corrected chi connectivity index (χ3v) is 4.14. The van der Waals surface area contributed by atoms with Gasteiger partial charge in [-0.2, -0.15) is 0 Å². The Morgan fingerprint density at radius 1 is 1.28 bits per heavy atom. The van der Waals surface area contributed by atoms with Gasteiger partial charge in [0.05, 0.1) is 4.88 Å². The Kier molecular flexibility index (Phi) is 4.07. The minimum Gasteiger partial charge on any atom is -0.382 e. The summed E-state index contributed by atoms with van der Waals surface area (Å²) in [6.07, 6.45) is 1.17. The van der Waals surface area contributed by atoms with E-state index in [-0.39, 0.29) is 0 Å². The summed E-state index contributed by atoms with van der Waals surface area (Å²) < 4.78 is 1.33. The Balaban J connectivity index is 2.09. The van der Waals surface area contributed by atoms with Crippen molar-refractivity contribution in [3.05, 3.63) is 41.8 Å². The van der Waals surface area contributed by atoms with Crippen molar-refractivity contribution in [1.82, 2.24) is 5.32 Å². The summed E-state index contributed by atoms with van der Waals surface area (Å²) in [5.74, 6) is 0.711. The van der Waals surface area contributed by atoms with Crippen LogP contribution in [-0.2, 0) is 0 Å². The number of rotatable bonds is 5. The lowest BCUT2D eigenvalue weighted by Gasteiger charge is -2.18. The fraction of sp³-hybridized carbons (Fsp3) is 0.375. The van der Waals surface area contributed by atoms with Crippen LogP contribution in [0.5, 0.6) is 0 Å². The number of hydrogen-bond acceptors (Lipinski definition) is 2. The highest BCUT2D eigenvalue weighted by Gasteiger charge is 2.09. The molecule has 1 heterocycles. The Morgan fingerprint density at radius 3 is 2.67 bits per heavy atom. The molecule has 1 aromatic carbocycles. The van der Waals surface area contributed by atoms with Crippen molar-refractivity contribution in [3.8, 4) is 0 Å². The lowest BCUT2D eigenvalue weighted by molar-refractivity contribution is 0.486. The Hall–Kier alpha value is -1.28. The van der Waals surface area contributed by atoms with E-state index >= 15 is 0 Å². The summed E-state index contributed by atoms with van der Waals surface area (Å²) in [5.41, 5.74) is 1.05. The maximum Gasteiger partial charge on any atom is 0.0508 e. The van der Waals surface area contributed by atoms with Crippen LogP contribution >= 0.6 is 11.3 Å². The van der Waals surface area contributed by atoms with E-state index in [2.05, 4.69) is 63.0 Å². The number of benzene rings is 1. The van der Waals surface area contributed by atoms with Crippen molar-refractivity contribution in [2.24, 2.45) is 5.92 Å². The van der Waals surface area contributed by atoms with Gasteiger partial charge in [0, 0.05) is 16.4 Å². The summed E-state index contributed by atoms with van der Waals surface area (Å²) in [4.78, 5) is 1.24. The maximum atomic E-state index is 4.17. The van der Waals surface area contributed by atoms with Crippen LogP contribution in [0.2, 0.25) is 0 Å². The summed E-state index contributed by atoms with van der Waals surface area (Å²) in [6, 6.07) is 11.2. The maximum absolute atomic E-state index is 4.17. The fourth-order valence-electron chi connectivity index (χ4n) is 2.27. The van der Waals surface area contributed by atoms with Crippen molar-refractivity contribution in [1.29, 1.82) is 0 Å². The van der Waals surface area contributed by atoms with Crippen LogP contribution in [0.3, 0.4) is 0 Å². The van der Waals surface area contributed by atoms with E-state index in [9.17, 15) is 0 Å². The molecule has 96 valence electrons. The van der Waals surface area contributed by atoms with Crippen LogP contribution in [0.1, 0.15) is 32.1 Å². The monoisotopic (exact) mass is 259 g/mol. The van der Waals surface area contributed by atoms with Crippen molar-refractivity contribution >= 4 is 27.1 Å². The molecule has 0 aliphatic carbocycles. The zero-order valence-electron chi connectivity index (χ0n) is 11.4. The molecule has 2 heteroatoms. The fourth-order valence-corrected chi connectivity index (χ4v) is 3.26. The molecule has 1 N–H and O–H groups in total. The number of thiophene rings is 1. The predicted molar refractivity (Wildman–Crippen MR) is 82.9 cm³/mol. The summed E-state index contributed by atoms with van der Waals surface area (Å²) >= 11 is 1.80. The van der Waals surface area contributed by atoms with E-state index in [1.54, 1.807) is 11.3 Å². The molecule has 0 bridgehead atoms. The third kappa shape index (κ3) is 3.14. The minimum atomic E-state index is 0.475. The van der Waals surface area contributed by atoms with Crippen molar-refractivity contribution in [2.75, 3.05) is 0 Å². The summed E-state index contributed by atoms with van der Waals surface area (Å²) in [6.45, 7) is 10.9. The molecule has 1 atom stereocenters. The standard InChI is InChI=1S/C16H21NS/c1-11(2)9-12(3)17-13(4)16-10-14-7-5-6-8-15(14)18-16/h5-8,10-12,17H,4,9H2,1-3H3. The minimum absolute atomic E-state index is 0.475. The van der Waals surface area contributed by atoms with Gasteiger partial charge in [-0.25, -0.2) is 0 Å². The predicted octanol–water partition coefficient (Wildman–Crippen LogP) is 4.90. The first kappa shape index (κ1) is 13.2. The van der Waals surface area contributed by atoms with E-state index < -0.39 is 0 Å². The third-order valence-electron chi connectivity index (χ3n) is 2.97. The second kappa shape index (κ2) is 5.57.